The average molecular weight is 446 g/mol. The molecule has 0 aliphatic rings. The van der Waals surface area contributed by atoms with Crippen molar-refractivity contribution >= 4 is 17.5 Å². The Hall–Kier alpha value is -3.46. The Morgan fingerprint density at radius 2 is 1.62 bits per heavy atom. The van der Waals surface area contributed by atoms with Crippen LogP contribution >= 0.6 is 0 Å². The van der Waals surface area contributed by atoms with E-state index in [1.54, 1.807) is 43.3 Å². The molecule has 0 bridgehead atoms. The van der Waals surface area contributed by atoms with Crippen molar-refractivity contribution in [3.05, 3.63) is 47.5 Å². The van der Waals surface area contributed by atoms with Crippen LogP contribution in [0.2, 0.25) is 0 Å². The van der Waals surface area contributed by atoms with Crippen molar-refractivity contribution in [1.29, 1.82) is 5.41 Å². The standard InChI is InChI=1S/C23H31N3O6/c1-4-29-19-13-17(18(32-12-11-27)14-20(19)30-5-2)21(23(28)31-6-3)26-16-9-7-15(8-10-16)22(24)25/h7-10,13-14,21,26-27H,4-6,11-12H2,1-3H3,(H3,24,25). The molecule has 2 rings (SSSR count). The number of anilines is 1. The van der Waals surface area contributed by atoms with Crippen molar-refractivity contribution in [2.75, 3.05) is 38.4 Å². The van der Waals surface area contributed by atoms with Crippen LogP contribution in [0.15, 0.2) is 36.4 Å². The van der Waals surface area contributed by atoms with Crippen LogP contribution in [0.3, 0.4) is 0 Å². The highest BCUT2D eigenvalue weighted by atomic mass is 16.5. The van der Waals surface area contributed by atoms with Gasteiger partial charge in [0.05, 0.1) is 26.4 Å². The maximum Gasteiger partial charge on any atom is 0.333 e. The zero-order valence-electron chi connectivity index (χ0n) is 18.6. The van der Waals surface area contributed by atoms with Crippen LogP contribution in [0.25, 0.3) is 0 Å². The molecule has 1 atom stereocenters. The Labute approximate surface area is 187 Å². The topological polar surface area (TPSA) is 136 Å². The van der Waals surface area contributed by atoms with Crippen LogP contribution in [0, 0.1) is 5.41 Å². The van der Waals surface area contributed by atoms with Gasteiger partial charge in [0.1, 0.15) is 18.2 Å². The molecule has 0 radical (unpaired) electrons. The fourth-order valence-electron chi connectivity index (χ4n) is 3.00. The molecule has 2 aromatic carbocycles. The molecule has 0 saturated carbocycles. The largest absolute Gasteiger partial charge is 0.491 e. The molecule has 9 nitrogen and oxygen atoms in total. The van der Waals surface area contributed by atoms with Crippen LogP contribution in [0.1, 0.15) is 37.9 Å². The first kappa shape index (κ1) is 24.8. The first-order valence-electron chi connectivity index (χ1n) is 10.5. The summed E-state index contributed by atoms with van der Waals surface area (Å²) in [6.07, 6.45) is 0. The lowest BCUT2D eigenvalue weighted by atomic mass is 10.0. The molecule has 0 spiro atoms. The van der Waals surface area contributed by atoms with Crippen LogP contribution < -0.4 is 25.3 Å². The second kappa shape index (κ2) is 12.4. The Kier molecular flexibility index (Phi) is 9.62. The molecule has 0 aliphatic heterocycles. The van der Waals surface area contributed by atoms with Gasteiger partial charge in [0.15, 0.2) is 17.5 Å². The van der Waals surface area contributed by atoms with Gasteiger partial charge in [0.2, 0.25) is 0 Å². The number of aliphatic hydroxyl groups excluding tert-OH is 1. The van der Waals surface area contributed by atoms with Gasteiger partial charge in [-0.25, -0.2) is 4.79 Å². The predicted octanol–water partition coefficient (Wildman–Crippen LogP) is 2.86. The highest BCUT2D eigenvalue weighted by Gasteiger charge is 2.28. The fraction of sp³-hybridized carbons (Fsp3) is 0.391. The van der Waals surface area contributed by atoms with E-state index < -0.39 is 12.0 Å². The first-order valence-corrected chi connectivity index (χ1v) is 10.5. The van der Waals surface area contributed by atoms with Crippen molar-refractivity contribution in [3.63, 3.8) is 0 Å². The summed E-state index contributed by atoms with van der Waals surface area (Å²) >= 11 is 0. The molecule has 0 fully saturated rings. The number of benzene rings is 2. The summed E-state index contributed by atoms with van der Waals surface area (Å²) in [7, 11) is 0. The maximum absolute atomic E-state index is 12.9. The summed E-state index contributed by atoms with van der Waals surface area (Å²) in [5.41, 5.74) is 7.18. The van der Waals surface area contributed by atoms with E-state index >= 15 is 0 Å². The molecular weight excluding hydrogens is 414 g/mol. The minimum Gasteiger partial charge on any atom is -0.491 e. The molecule has 174 valence electrons. The zero-order chi connectivity index (χ0) is 23.5. The van der Waals surface area contributed by atoms with Gasteiger partial charge in [-0.2, -0.15) is 0 Å². The lowest BCUT2D eigenvalue weighted by Gasteiger charge is -2.23. The predicted molar refractivity (Wildman–Crippen MR) is 122 cm³/mol. The smallest absolute Gasteiger partial charge is 0.333 e. The van der Waals surface area contributed by atoms with Gasteiger partial charge in [-0.3, -0.25) is 5.41 Å². The molecule has 0 amide bonds. The van der Waals surface area contributed by atoms with Gasteiger partial charge in [-0.05, 0) is 51.1 Å². The molecular formula is C23H31N3O6. The van der Waals surface area contributed by atoms with Crippen molar-refractivity contribution in [1.82, 2.24) is 0 Å². The molecule has 2 aromatic rings. The van der Waals surface area contributed by atoms with Crippen molar-refractivity contribution in [3.8, 4) is 17.2 Å². The van der Waals surface area contributed by atoms with E-state index in [9.17, 15) is 9.90 Å². The van der Waals surface area contributed by atoms with Crippen LogP contribution in [-0.4, -0.2) is 49.9 Å². The third-order valence-electron chi connectivity index (χ3n) is 4.36. The van der Waals surface area contributed by atoms with E-state index in [0.717, 1.165) is 0 Å². The number of hydrogen-bond acceptors (Lipinski definition) is 8. The van der Waals surface area contributed by atoms with Crippen LogP contribution in [0.4, 0.5) is 5.69 Å². The van der Waals surface area contributed by atoms with Gasteiger partial charge in [-0.15, -0.1) is 0 Å². The summed E-state index contributed by atoms with van der Waals surface area (Å²) < 4.78 is 22.4. The van der Waals surface area contributed by atoms with Crippen molar-refractivity contribution in [2.45, 2.75) is 26.8 Å². The quantitative estimate of drug-likeness (QED) is 0.210. The van der Waals surface area contributed by atoms with Crippen LogP contribution in [0.5, 0.6) is 17.2 Å². The van der Waals surface area contributed by atoms with Crippen molar-refractivity contribution < 1.29 is 28.8 Å². The molecule has 0 aromatic heterocycles. The first-order chi connectivity index (χ1) is 15.4. The summed E-state index contributed by atoms with van der Waals surface area (Å²) in [5, 5.41) is 19.9. The molecule has 0 heterocycles. The SMILES string of the molecule is CCOC(=O)C(Nc1ccc(C(=N)N)cc1)c1cc(OCC)c(OCC)cc1OCCO. The van der Waals surface area contributed by atoms with E-state index in [-0.39, 0.29) is 25.7 Å². The van der Waals surface area contributed by atoms with E-state index in [1.165, 1.54) is 0 Å². The number of hydrogen-bond donors (Lipinski definition) is 4. The maximum atomic E-state index is 12.9. The molecule has 1 unspecified atom stereocenters. The number of ether oxygens (including phenoxy) is 4. The Morgan fingerprint density at radius 1 is 1.00 bits per heavy atom. The van der Waals surface area contributed by atoms with E-state index in [0.29, 0.717) is 47.3 Å². The number of aliphatic hydroxyl groups is 1. The number of nitrogens with two attached hydrogens (primary N) is 1. The number of rotatable bonds is 13. The summed E-state index contributed by atoms with van der Waals surface area (Å²) in [5.74, 6) is 0.731. The fourth-order valence-corrected chi connectivity index (χ4v) is 3.00. The molecule has 9 heteroatoms. The highest BCUT2D eigenvalue weighted by molar-refractivity contribution is 5.95. The van der Waals surface area contributed by atoms with Gasteiger partial charge in [-0.1, -0.05) is 0 Å². The van der Waals surface area contributed by atoms with Crippen molar-refractivity contribution in [2.24, 2.45) is 5.73 Å². The third-order valence-corrected chi connectivity index (χ3v) is 4.36. The van der Waals surface area contributed by atoms with E-state index in [2.05, 4.69) is 5.32 Å². The number of esters is 1. The monoisotopic (exact) mass is 445 g/mol. The van der Waals surface area contributed by atoms with E-state index in [4.69, 9.17) is 30.1 Å². The average Bonchev–Trinajstić information content (AvgIpc) is 2.78. The Bertz CT molecular complexity index is 901. The molecule has 0 aliphatic carbocycles. The minimum atomic E-state index is -0.929. The number of carbonyl (C=O) groups excluding carboxylic acids is 1. The number of carbonyl (C=O) groups is 1. The number of amidine groups is 1. The lowest BCUT2D eigenvalue weighted by Crippen LogP contribution is -2.24. The summed E-state index contributed by atoms with van der Waals surface area (Å²) in [6, 6.07) is 9.19. The van der Waals surface area contributed by atoms with Gasteiger partial charge >= 0.3 is 5.97 Å². The van der Waals surface area contributed by atoms with Gasteiger partial charge in [0, 0.05) is 22.9 Å². The summed E-state index contributed by atoms with van der Waals surface area (Å²) in [6.45, 7) is 6.29. The third kappa shape index (κ3) is 6.52. The second-order valence-corrected chi connectivity index (χ2v) is 6.60. The van der Waals surface area contributed by atoms with E-state index in [1.807, 2.05) is 13.8 Å². The lowest BCUT2D eigenvalue weighted by molar-refractivity contribution is -0.144. The Balaban J connectivity index is 2.54. The normalized spacial score (nSPS) is 11.4. The molecule has 5 N–H and O–H groups in total. The molecule has 32 heavy (non-hydrogen) atoms. The zero-order valence-corrected chi connectivity index (χ0v) is 18.6. The second-order valence-electron chi connectivity index (χ2n) is 6.60. The van der Waals surface area contributed by atoms with Gasteiger partial charge < -0.3 is 35.1 Å². The highest BCUT2D eigenvalue weighted by Crippen LogP contribution is 2.39. The summed E-state index contributed by atoms with van der Waals surface area (Å²) in [4.78, 5) is 12.9. The van der Waals surface area contributed by atoms with Crippen LogP contribution in [-0.2, 0) is 9.53 Å². The Morgan fingerprint density at radius 3 is 2.16 bits per heavy atom. The molecule has 0 saturated heterocycles. The van der Waals surface area contributed by atoms with Gasteiger partial charge in [0.25, 0.3) is 0 Å². The minimum absolute atomic E-state index is 0.0371. The number of nitrogens with one attached hydrogen (secondary N) is 2. The number of nitrogen functional groups attached to an aromatic ring is 1.